The molecule has 1 aromatic carbocycles. The van der Waals surface area contributed by atoms with Gasteiger partial charge in [0.05, 0.1) is 5.25 Å². The van der Waals surface area contributed by atoms with E-state index < -0.39 is 0 Å². The molecular weight excluding hydrogens is 192 g/mol. The first-order valence-electron chi connectivity index (χ1n) is 4.98. The monoisotopic (exact) mass is 206 g/mol. The Labute approximate surface area is 88.9 Å². The quantitative estimate of drug-likeness (QED) is 0.702. The molecule has 0 saturated carbocycles. The van der Waals surface area contributed by atoms with Gasteiger partial charge >= 0.3 is 0 Å². The van der Waals surface area contributed by atoms with Gasteiger partial charge in [-0.15, -0.1) is 11.8 Å². The lowest BCUT2D eigenvalue weighted by Crippen LogP contribution is -2.23. The number of thioether (sulfide) groups is 1. The number of ketones is 1. The molecule has 0 saturated heterocycles. The van der Waals surface area contributed by atoms with E-state index in [-0.39, 0.29) is 5.25 Å². The topological polar surface area (TPSA) is 17.1 Å². The number of hydrogen-bond donors (Lipinski definition) is 0. The number of hydrogen-bond acceptors (Lipinski definition) is 2. The summed E-state index contributed by atoms with van der Waals surface area (Å²) in [4.78, 5) is 12.0. The van der Waals surface area contributed by atoms with Crippen molar-refractivity contribution in [3.05, 3.63) is 34.9 Å². The van der Waals surface area contributed by atoms with Crippen LogP contribution < -0.4 is 0 Å². The second kappa shape index (κ2) is 3.77. The molecule has 74 valence electrons. The zero-order valence-corrected chi connectivity index (χ0v) is 9.36. The number of carbonyl (C=O) groups is 1. The van der Waals surface area contributed by atoms with Crippen molar-refractivity contribution >= 4 is 17.5 Å². The van der Waals surface area contributed by atoms with Gasteiger partial charge in [0, 0.05) is 11.3 Å². The molecule has 1 aromatic rings. The van der Waals surface area contributed by atoms with Crippen LogP contribution in [0.4, 0.5) is 0 Å². The Balaban J connectivity index is 2.46. The van der Waals surface area contributed by atoms with Gasteiger partial charge in [-0.2, -0.15) is 0 Å². The average molecular weight is 206 g/mol. The fourth-order valence-electron chi connectivity index (χ4n) is 1.86. The van der Waals surface area contributed by atoms with Gasteiger partial charge in [-0.25, -0.2) is 0 Å². The van der Waals surface area contributed by atoms with Crippen LogP contribution in [0.2, 0.25) is 0 Å². The van der Waals surface area contributed by atoms with E-state index in [0.29, 0.717) is 5.78 Å². The van der Waals surface area contributed by atoms with Crippen molar-refractivity contribution in [2.75, 3.05) is 0 Å². The molecule has 1 aliphatic heterocycles. The predicted octanol–water partition coefficient (Wildman–Crippen LogP) is 3.20. The zero-order valence-electron chi connectivity index (χ0n) is 8.54. The van der Waals surface area contributed by atoms with E-state index in [1.54, 1.807) is 11.8 Å². The van der Waals surface area contributed by atoms with Crippen molar-refractivity contribution in [2.24, 2.45) is 0 Å². The van der Waals surface area contributed by atoms with E-state index >= 15 is 0 Å². The summed E-state index contributed by atoms with van der Waals surface area (Å²) in [6.45, 7) is 4.16. The minimum Gasteiger partial charge on any atom is -0.293 e. The molecule has 0 bridgehead atoms. The third-order valence-corrected chi connectivity index (χ3v) is 4.17. The fraction of sp³-hybridized carbons (Fsp3) is 0.417. The van der Waals surface area contributed by atoms with Gasteiger partial charge in [-0.3, -0.25) is 4.79 Å². The van der Waals surface area contributed by atoms with Crippen molar-refractivity contribution in [1.82, 2.24) is 0 Å². The molecule has 14 heavy (non-hydrogen) atoms. The Hall–Kier alpha value is -0.760. The Morgan fingerprint density at radius 3 is 3.00 bits per heavy atom. The first kappa shape index (κ1) is 9.78. The molecule has 1 aliphatic rings. The fourth-order valence-corrected chi connectivity index (χ4v) is 3.13. The molecule has 0 aliphatic carbocycles. The lowest BCUT2D eigenvalue weighted by Gasteiger charge is -2.23. The lowest BCUT2D eigenvalue weighted by atomic mass is 9.97. The summed E-state index contributed by atoms with van der Waals surface area (Å²) in [5.41, 5.74) is 3.45. The van der Waals surface area contributed by atoms with Crippen molar-refractivity contribution in [3.63, 3.8) is 0 Å². The molecule has 0 amide bonds. The van der Waals surface area contributed by atoms with Gasteiger partial charge in [-0.1, -0.05) is 25.1 Å². The van der Waals surface area contributed by atoms with E-state index in [2.05, 4.69) is 19.9 Å². The highest BCUT2D eigenvalue weighted by Gasteiger charge is 2.26. The summed E-state index contributed by atoms with van der Waals surface area (Å²) in [6.07, 6.45) is 0.941. The number of Topliss-reactive ketones (excluding diaryl/α,β-unsaturated/α-hetero) is 1. The molecule has 1 unspecified atom stereocenters. The van der Waals surface area contributed by atoms with E-state index in [1.165, 1.54) is 11.1 Å². The molecule has 1 heterocycles. The second-order valence-electron chi connectivity index (χ2n) is 3.67. The summed E-state index contributed by atoms with van der Waals surface area (Å²) in [6, 6.07) is 6.03. The zero-order chi connectivity index (χ0) is 10.1. The van der Waals surface area contributed by atoms with Crippen molar-refractivity contribution in [3.8, 4) is 0 Å². The smallest absolute Gasteiger partial charge is 0.176 e. The molecule has 0 radical (unpaired) electrons. The molecule has 2 heteroatoms. The van der Waals surface area contributed by atoms with Gasteiger partial charge in [-0.05, 0) is 24.5 Å². The SMILES string of the molecule is CCC1SCc2c(C)cccc2C1=O. The Kier molecular flexibility index (Phi) is 2.64. The number of aryl methyl sites for hydroxylation is 1. The van der Waals surface area contributed by atoms with Crippen molar-refractivity contribution in [1.29, 1.82) is 0 Å². The number of carbonyl (C=O) groups excluding carboxylic acids is 1. The van der Waals surface area contributed by atoms with Crippen LogP contribution in [0.5, 0.6) is 0 Å². The van der Waals surface area contributed by atoms with E-state index in [9.17, 15) is 4.79 Å². The minimum absolute atomic E-state index is 0.185. The summed E-state index contributed by atoms with van der Waals surface area (Å²) in [7, 11) is 0. The van der Waals surface area contributed by atoms with Crippen LogP contribution in [-0.2, 0) is 5.75 Å². The molecule has 0 fully saturated rings. The van der Waals surface area contributed by atoms with Gasteiger partial charge in [0.1, 0.15) is 0 Å². The van der Waals surface area contributed by atoms with Gasteiger partial charge in [0.2, 0.25) is 0 Å². The summed E-state index contributed by atoms with van der Waals surface area (Å²) >= 11 is 1.78. The normalized spacial score (nSPS) is 20.7. The average Bonchev–Trinajstić information content (AvgIpc) is 2.20. The molecule has 0 spiro atoms. The van der Waals surface area contributed by atoms with Crippen LogP contribution in [-0.4, -0.2) is 11.0 Å². The molecule has 2 rings (SSSR count). The Bertz CT molecular complexity index is 371. The largest absolute Gasteiger partial charge is 0.293 e. The lowest BCUT2D eigenvalue weighted by molar-refractivity contribution is 0.0985. The Morgan fingerprint density at radius 1 is 1.50 bits per heavy atom. The highest BCUT2D eigenvalue weighted by atomic mass is 32.2. The summed E-state index contributed by atoms with van der Waals surface area (Å²) < 4.78 is 0. The highest BCUT2D eigenvalue weighted by Crippen LogP contribution is 2.33. The molecule has 0 aromatic heterocycles. The van der Waals surface area contributed by atoms with Gasteiger partial charge in [0.15, 0.2) is 5.78 Å². The third-order valence-electron chi connectivity index (χ3n) is 2.77. The van der Waals surface area contributed by atoms with Crippen molar-refractivity contribution < 1.29 is 4.79 Å². The second-order valence-corrected chi connectivity index (χ2v) is 4.86. The van der Waals surface area contributed by atoms with E-state index in [0.717, 1.165) is 17.7 Å². The molecule has 1 nitrogen and oxygen atoms in total. The summed E-state index contributed by atoms with van der Waals surface area (Å²) in [5.74, 6) is 1.31. The standard InChI is InChI=1S/C12H14OS/c1-3-11-12(13)9-6-4-5-8(2)10(9)7-14-11/h4-6,11H,3,7H2,1-2H3. The predicted molar refractivity (Wildman–Crippen MR) is 60.9 cm³/mol. The van der Waals surface area contributed by atoms with Gasteiger partial charge < -0.3 is 0 Å². The maximum Gasteiger partial charge on any atom is 0.176 e. The first-order chi connectivity index (χ1) is 6.74. The van der Waals surface area contributed by atoms with Crippen LogP contribution in [0.25, 0.3) is 0 Å². The van der Waals surface area contributed by atoms with Crippen LogP contribution in [0.15, 0.2) is 18.2 Å². The van der Waals surface area contributed by atoms with Crippen LogP contribution >= 0.6 is 11.8 Å². The Morgan fingerprint density at radius 2 is 2.29 bits per heavy atom. The number of fused-ring (bicyclic) bond motifs is 1. The third kappa shape index (κ3) is 1.48. The minimum atomic E-state index is 0.185. The maximum absolute atomic E-state index is 12.0. The number of benzene rings is 1. The van der Waals surface area contributed by atoms with Crippen LogP contribution in [0.1, 0.15) is 34.8 Å². The van der Waals surface area contributed by atoms with Crippen molar-refractivity contribution in [2.45, 2.75) is 31.3 Å². The van der Waals surface area contributed by atoms with Crippen LogP contribution in [0.3, 0.4) is 0 Å². The van der Waals surface area contributed by atoms with E-state index in [4.69, 9.17) is 0 Å². The molecule has 1 atom stereocenters. The maximum atomic E-state index is 12.0. The highest BCUT2D eigenvalue weighted by molar-refractivity contribution is 8.00. The number of rotatable bonds is 1. The first-order valence-corrected chi connectivity index (χ1v) is 6.03. The molecule has 0 N–H and O–H groups in total. The van der Waals surface area contributed by atoms with Gasteiger partial charge in [0.25, 0.3) is 0 Å². The summed E-state index contributed by atoms with van der Waals surface area (Å²) in [5, 5.41) is 0.185. The van der Waals surface area contributed by atoms with E-state index in [1.807, 2.05) is 12.1 Å². The van der Waals surface area contributed by atoms with Crippen LogP contribution in [0, 0.1) is 6.92 Å². The molecular formula is C12H14OS.